The third kappa shape index (κ3) is 4.76. The molecule has 0 amide bonds. The maximum Gasteiger partial charge on any atom is 0.271 e. The summed E-state index contributed by atoms with van der Waals surface area (Å²) >= 11 is 0. The van der Waals surface area contributed by atoms with Gasteiger partial charge in [0.05, 0.1) is 11.5 Å². The molecule has 2 N–H and O–H groups in total. The average molecular weight is 303 g/mol. The Morgan fingerprint density at radius 3 is 2.55 bits per heavy atom. The van der Waals surface area contributed by atoms with Crippen molar-refractivity contribution in [3.8, 4) is 5.75 Å². The zero-order valence-electron chi connectivity index (χ0n) is 11.3. The van der Waals surface area contributed by atoms with Crippen LogP contribution in [0.25, 0.3) is 0 Å². The molecule has 112 valence electrons. The van der Waals surface area contributed by atoms with Crippen LogP contribution in [0.1, 0.15) is 6.42 Å². The van der Waals surface area contributed by atoms with Crippen molar-refractivity contribution < 1.29 is 18.1 Å². The number of sulfonamides is 1. The normalized spacial score (nSPS) is 11.6. The first-order chi connectivity index (χ1) is 9.21. The summed E-state index contributed by atoms with van der Waals surface area (Å²) in [5.74, 6) is 0.0249. The molecule has 1 aromatic carbocycles. The zero-order chi connectivity index (χ0) is 15.3. The van der Waals surface area contributed by atoms with Crippen LogP contribution in [0.2, 0.25) is 0 Å². The molecule has 0 bridgehead atoms. The molecule has 0 saturated heterocycles. The zero-order valence-corrected chi connectivity index (χ0v) is 12.1. The molecule has 0 fully saturated rings. The van der Waals surface area contributed by atoms with Gasteiger partial charge in [-0.25, -0.2) is 13.6 Å². The van der Waals surface area contributed by atoms with Crippen LogP contribution < -0.4 is 9.88 Å². The number of hydrogen-bond acceptors (Lipinski definition) is 6. The molecule has 0 heterocycles. The predicted molar refractivity (Wildman–Crippen MR) is 73.1 cm³/mol. The molecule has 0 unspecified atom stereocenters. The van der Waals surface area contributed by atoms with Gasteiger partial charge in [-0.2, -0.15) is 0 Å². The Bertz CT molecular complexity index is 586. The first-order valence-electron chi connectivity index (χ1n) is 5.80. The lowest BCUT2D eigenvalue weighted by molar-refractivity contribution is -0.385. The summed E-state index contributed by atoms with van der Waals surface area (Å²) in [7, 11) is -0.274. The van der Waals surface area contributed by atoms with Gasteiger partial charge in [0.2, 0.25) is 10.0 Å². The van der Waals surface area contributed by atoms with E-state index in [1.165, 1.54) is 12.1 Å². The Morgan fingerprint density at radius 1 is 1.40 bits per heavy atom. The van der Waals surface area contributed by atoms with Gasteiger partial charge in [0.1, 0.15) is 10.6 Å². The lowest BCUT2D eigenvalue weighted by Crippen LogP contribution is -2.17. The lowest BCUT2D eigenvalue weighted by Gasteiger charge is -2.12. The Labute approximate surface area is 117 Å². The van der Waals surface area contributed by atoms with Crippen molar-refractivity contribution in [1.29, 1.82) is 0 Å². The Hall–Kier alpha value is -1.71. The first kappa shape index (κ1) is 16.3. The minimum atomic E-state index is -4.08. The Morgan fingerprint density at radius 2 is 2.05 bits per heavy atom. The number of hydrogen-bond donors (Lipinski definition) is 1. The van der Waals surface area contributed by atoms with Crippen LogP contribution in [0.5, 0.6) is 5.75 Å². The molecule has 8 nitrogen and oxygen atoms in total. The summed E-state index contributed by atoms with van der Waals surface area (Å²) in [6.07, 6.45) is 0.689. The average Bonchev–Trinajstić information content (AvgIpc) is 2.33. The van der Waals surface area contributed by atoms with E-state index in [-0.39, 0.29) is 16.3 Å². The molecular formula is C11H17N3O5S. The standard InChI is InChI=1S/C11H17N3O5S/c1-13(2)6-3-7-19-10-5-4-9(14(15)16)8-11(10)20(12,17)18/h4-5,8H,3,6-7H2,1-2H3,(H2,12,17,18). The van der Waals surface area contributed by atoms with Gasteiger partial charge in [-0.15, -0.1) is 0 Å². The number of nitro benzene ring substituents is 1. The molecular weight excluding hydrogens is 286 g/mol. The summed E-state index contributed by atoms with van der Waals surface area (Å²) in [4.78, 5) is 11.5. The third-order valence-electron chi connectivity index (χ3n) is 2.45. The largest absolute Gasteiger partial charge is 0.492 e. The van der Waals surface area contributed by atoms with E-state index >= 15 is 0 Å². The number of nitrogens with two attached hydrogens (primary N) is 1. The van der Waals surface area contributed by atoms with Gasteiger partial charge < -0.3 is 9.64 Å². The first-order valence-corrected chi connectivity index (χ1v) is 7.35. The molecule has 0 aliphatic carbocycles. The predicted octanol–water partition coefficient (Wildman–Crippen LogP) is 0.573. The summed E-state index contributed by atoms with van der Waals surface area (Å²) < 4.78 is 28.2. The highest BCUT2D eigenvalue weighted by atomic mass is 32.2. The molecule has 0 saturated carbocycles. The van der Waals surface area contributed by atoms with Crippen LogP contribution >= 0.6 is 0 Å². The topological polar surface area (TPSA) is 116 Å². The van der Waals surface area contributed by atoms with Crippen molar-refractivity contribution in [1.82, 2.24) is 4.90 Å². The smallest absolute Gasteiger partial charge is 0.271 e. The van der Waals surface area contributed by atoms with E-state index in [2.05, 4.69) is 0 Å². The molecule has 20 heavy (non-hydrogen) atoms. The maximum absolute atomic E-state index is 11.4. The third-order valence-corrected chi connectivity index (χ3v) is 3.38. The summed E-state index contributed by atoms with van der Waals surface area (Å²) in [5, 5.41) is 15.7. The van der Waals surface area contributed by atoms with Gasteiger partial charge in [-0.3, -0.25) is 10.1 Å². The van der Waals surface area contributed by atoms with E-state index < -0.39 is 14.9 Å². The molecule has 1 aromatic rings. The Kier molecular flexibility index (Phi) is 5.43. The second kappa shape index (κ2) is 6.64. The van der Waals surface area contributed by atoms with Crippen molar-refractivity contribution in [2.24, 2.45) is 5.14 Å². The van der Waals surface area contributed by atoms with E-state index in [1.54, 1.807) is 0 Å². The fraction of sp³-hybridized carbons (Fsp3) is 0.455. The number of nitrogens with zero attached hydrogens (tertiary/aromatic N) is 2. The quantitative estimate of drug-likeness (QED) is 0.447. The van der Waals surface area contributed by atoms with E-state index in [1.807, 2.05) is 19.0 Å². The van der Waals surface area contributed by atoms with Gasteiger partial charge in [0, 0.05) is 18.7 Å². The van der Waals surface area contributed by atoms with Gasteiger partial charge >= 0.3 is 0 Å². The summed E-state index contributed by atoms with van der Waals surface area (Å²) in [6.45, 7) is 1.07. The fourth-order valence-corrected chi connectivity index (χ4v) is 2.21. The van der Waals surface area contributed by atoms with Crippen LogP contribution in [0.3, 0.4) is 0 Å². The highest BCUT2D eigenvalue weighted by Gasteiger charge is 2.20. The van der Waals surface area contributed by atoms with E-state index in [4.69, 9.17) is 9.88 Å². The monoisotopic (exact) mass is 303 g/mol. The molecule has 0 aliphatic heterocycles. The minimum absolute atomic E-state index is 0.0249. The van der Waals surface area contributed by atoms with E-state index in [0.29, 0.717) is 13.0 Å². The molecule has 0 atom stereocenters. The van der Waals surface area contributed by atoms with E-state index in [0.717, 1.165) is 12.6 Å². The molecule has 9 heteroatoms. The lowest BCUT2D eigenvalue weighted by atomic mass is 10.3. The summed E-state index contributed by atoms with van der Waals surface area (Å²) in [6, 6.07) is 3.32. The highest BCUT2D eigenvalue weighted by Crippen LogP contribution is 2.27. The molecule has 0 spiro atoms. The molecule has 1 rings (SSSR count). The number of benzene rings is 1. The van der Waals surface area contributed by atoms with Crippen molar-refractivity contribution in [2.75, 3.05) is 27.2 Å². The van der Waals surface area contributed by atoms with Gasteiger partial charge in [0.25, 0.3) is 5.69 Å². The number of nitro groups is 1. The molecule has 0 aliphatic rings. The fourth-order valence-electron chi connectivity index (χ4n) is 1.51. The molecule has 0 radical (unpaired) electrons. The van der Waals surface area contributed by atoms with Gasteiger partial charge in [0.15, 0.2) is 0 Å². The van der Waals surface area contributed by atoms with Crippen molar-refractivity contribution in [3.05, 3.63) is 28.3 Å². The van der Waals surface area contributed by atoms with Crippen LogP contribution in [-0.2, 0) is 10.0 Å². The van der Waals surface area contributed by atoms with Crippen molar-refractivity contribution >= 4 is 15.7 Å². The van der Waals surface area contributed by atoms with Crippen LogP contribution in [0, 0.1) is 10.1 Å². The number of primary sulfonamides is 1. The minimum Gasteiger partial charge on any atom is -0.492 e. The second-order valence-electron chi connectivity index (χ2n) is 4.44. The second-order valence-corrected chi connectivity index (χ2v) is 5.97. The van der Waals surface area contributed by atoms with Crippen LogP contribution in [-0.4, -0.2) is 45.5 Å². The van der Waals surface area contributed by atoms with Crippen LogP contribution in [0.4, 0.5) is 5.69 Å². The van der Waals surface area contributed by atoms with Gasteiger partial charge in [-0.05, 0) is 26.6 Å². The molecule has 0 aromatic heterocycles. The highest BCUT2D eigenvalue weighted by molar-refractivity contribution is 7.89. The van der Waals surface area contributed by atoms with E-state index in [9.17, 15) is 18.5 Å². The Balaban J connectivity index is 2.93. The number of rotatable bonds is 7. The maximum atomic E-state index is 11.4. The van der Waals surface area contributed by atoms with Crippen molar-refractivity contribution in [2.45, 2.75) is 11.3 Å². The number of non-ortho nitro benzene ring substituents is 1. The SMILES string of the molecule is CN(C)CCCOc1ccc([N+](=O)[O-])cc1S(N)(=O)=O. The van der Waals surface area contributed by atoms with Crippen LogP contribution in [0.15, 0.2) is 23.1 Å². The van der Waals surface area contributed by atoms with Crippen molar-refractivity contribution in [3.63, 3.8) is 0 Å². The number of ether oxygens (including phenoxy) is 1. The summed E-state index contributed by atoms with van der Waals surface area (Å²) in [5.41, 5.74) is -0.352. The van der Waals surface area contributed by atoms with Gasteiger partial charge in [-0.1, -0.05) is 0 Å².